The van der Waals surface area contributed by atoms with Crippen LogP contribution < -0.4 is 4.74 Å². The van der Waals surface area contributed by atoms with Gasteiger partial charge in [-0.3, -0.25) is 9.59 Å². The number of aliphatic hydroxyl groups excluding tert-OH is 1. The Morgan fingerprint density at radius 1 is 1.42 bits per heavy atom. The summed E-state index contributed by atoms with van der Waals surface area (Å²) in [5.41, 5.74) is 1.89. The molecule has 2 aliphatic rings. The first kappa shape index (κ1) is 17.0. The van der Waals surface area contributed by atoms with Crippen molar-refractivity contribution >= 4 is 33.4 Å². The summed E-state index contributed by atoms with van der Waals surface area (Å²) in [4.78, 5) is 24.4. The molecular formula is C18H19BrO5. The molecule has 5 nitrogen and oxygen atoms in total. The number of benzene rings is 1. The van der Waals surface area contributed by atoms with E-state index in [0.29, 0.717) is 29.9 Å². The molecular weight excluding hydrogens is 376 g/mol. The second kappa shape index (κ2) is 6.59. The van der Waals surface area contributed by atoms with Gasteiger partial charge in [-0.15, -0.1) is 0 Å². The van der Waals surface area contributed by atoms with Crippen LogP contribution in [0.2, 0.25) is 0 Å². The highest BCUT2D eigenvalue weighted by Crippen LogP contribution is 2.53. The minimum atomic E-state index is -0.283. The summed E-state index contributed by atoms with van der Waals surface area (Å²) < 4.78 is 11.2. The molecule has 2 atom stereocenters. The predicted molar refractivity (Wildman–Crippen MR) is 92.0 cm³/mol. The van der Waals surface area contributed by atoms with Crippen LogP contribution in [-0.4, -0.2) is 30.6 Å². The summed E-state index contributed by atoms with van der Waals surface area (Å²) >= 11 is 3.52. The van der Waals surface area contributed by atoms with Gasteiger partial charge in [-0.2, -0.15) is 0 Å². The summed E-state index contributed by atoms with van der Waals surface area (Å²) in [6.07, 6.45) is 1.10. The number of carbonyl (C=O) groups excluding carboxylic acids is 2. The van der Waals surface area contributed by atoms with Crippen molar-refractivity contribution < 1.29 is 24.2 Å². The Bertz CT molecular complexity index is 737. The Kier molecular flexibility index (Phi) is 4.67. The van der Waals surface area contributed by atoms with Gasteiger partial charge in [-0.1, -0.05) is 15.9 Å². The van der Waals surface area contributed by atoms with Crippen molar-refractivity contribution in [2.24, 2.45) is 5.92 Å². The van der Waals surface area contributed by atoms with Crippen molar-refractivity contribution in [1.29, 1.82) is 0 Å². The molecule has 24 heavy (non-hydrogen) atoms. The van der Waals surface area contributed by atoms with E-state index in [1.54, 1.807) is 13.0 Å². The van der Waals surface area contributed by atoms with E-state index in [1.165, 1.54) is 7.11 Å². The maximum atomic E-state index is 12.6. The fourth-order valence-corrected chi connectivity index (χ4v) is 4.34. The normalized spacial score (nSPS) is 22.2. The summed E-state index contributed by atoms with van der Waals surface area (Å²) in [6, 6.07) is 3.62. The van der Waals surface area contributed by atoms with Crippen LogP contribution in [-0.2, 0) is 14.3 Å². The SMILES string of the molecule is CCOC(=O)C[C@@H]1CC(=O)C2=C(O)c3c(OC)ccc(Br)c3C2C1. The van der Waals surface area contributed by atoms with E-state index in [1.807, 2.05) is 6.07 Å². The molecule has 1 aromatic rings. The minimum absolute atomic E-state index is 0.00716. The molecule has 0 spiro atoms. The zero-order valence-electron chi connectivity index (χ0n) is 13.6. The third-order valence-corrected chi connectivity index (χ3v) is 5.36. The maximum absolute atomic E-state index is 12.6. The lowest BCUT2D eigenvalue weighted by molar-refractivity contribution is -0.144. The van der Waals surface area contributed by atoms with Crippen molar-refractivity contribution in [3.8, 4) is 5.75 Å². The Hall–Kier alpha value is -1.82. The monoisotopic (exact) mass is 394 g/mol. The van der Waals surface area contributed by atoms with E-state index >= 15 is 0 Å². The zero-order valence-corrected chi connectivity index (χ0v) is 15.2. The van der Waals surface area contributed by atoms with Crippen LogP contribution in [0.25, 0.3) is 5.76 Å². The zero-order chi connectivity index (χ0) is 17.4. The van der Waals surface area contributed by atoms with Gasteiger partial charge in [0.05, 0.1) is 19.3 Å². The molecule has 6 heteroatoms. The summed E-state index contributed by atoms with van der Waals surface area (Å²) in [5, 5.41) is 10.6. The van der Waals surface area contributed by atoms with Gasteiger partial charge in [0.1, 0.15) is 11.5 Å². The Labute approximate surface area is 148 Å². The Morgan fingerprint density at radius 2 is 2.17 bits per heavy atom. The van der Waals surface area contributed by atoms with Crippen molar-refractivity contribution in [2.45, 2.75) is 32.1 Å². The van der Waals surface area contributed by atoms with E-state index in [9.17, 15) is 14.7 Å². The van der Waals surface area contributed by atoms with Gasteiger partial charge in [-0.25, -0.2) is 0 Å². The average Bonchev–Trinajstić information content (AvgIpc) is 2.83. The third kappa shape index (κ3) is 2.73. The summed E-state index contributed by atoms with van der Waals surface area (Å²) in [6.45, 7) is 2.10. The molecule has 2 aliphatic carbocycles. The van der Waals surface area contributed by atoms with Gasteiger partial charge in [0.25, 0.3) is 0 Å². The number of rotatable bonds is 4. The van der Waals surface area contributed by atoms with Crippen molar-refractivity contribution in [2.75, 3.05) is 13.7 Å². The minimum Gasteiger partial charge on any atom is -0.507 e. The van der Waals surface area contributed by atoms with Crippen LogP contribution in [0.15, 0.2) is 22.2 Å². The lowest BCUT2D eigenvalue weighted by Crippen LogP contribution is -2.25. The summed E-state index contributed by atoms with van der Waals surface area (Å²) in [7, 11) is 1.54. The number of ketones is 1. The standard InChI is InChI=1S/C18H19BrO5/c1-3-24-14(21)8-9-6-10-15-11(19)4-5-13(23-2)17(15)18(22)16(10)12(20)7-9/h4-5,9-10,22H,3,6-8H2,1-2H3/t9-,10?/m0/s1. The van der Waals surface area contributed by atoms with Gasteiger partial charge >= 0.3 is 5.97 Å². The second-order valence-corrected chi connectivity index (χ2v) is 6.95. The highest BCUT2D eigenvalue weighted by molar-refractivity contribution is 9.10. The molecule has 0 bridgehead atoms. The van der Waals surface area contributed by atoms with Crippen LogP contribution >= 0.6 is 15.9 Å². The molecule has 1 fully saturated rings. The quantitative estimate of drug-likeness (QED) is 0.787. The first-order valence-corrected chi connectivity index (χ1v) is 8.75. The van der Waals surface area contributed by atoms with E-state index in [0.717, 1.165) is 10.0 Å². The third-order valence-electron chi connectivity index (χ3n) is 4.67. The number of allylic oxidation sites excluding steroid dienone is 1. The van der Waals surface area contributed by atoms with Gasteiger partial charge in [-0.05, 0) is 37.0 Å². The number of hydrogen-bond acceptors (Lipinski definition) is 5. The number of halogens is 1. The molecule has 3 rings (SSSR count). The van der Waals surface area contributed by atoms with Crippen LogP contribution in [0.4, 0.5) is 0 Å². The number of aliphatic hydroxyl groups is 1. The molecule has 128 valence electrons. The number of Topliss-reactive ketones (excluding diaryl/α,β-unsaturated/α-hetero) is 1. The van der Waals surface area contributed by atoms with Gasteiger partial charge < -0.3 is 14.6 Å². The fourth-order valence-electron chi connectivity index (χ4n) is 3.74. The number of ether oxygens (including phenoxy) is 2. The van der Waals surface area contributed by atoms with Crippen LogP contribution in [0.3, 0.4) is 0 Å². The van der Waals surface area contributed by atoms with Crippen LogP contribution in [0, 0.1) is 5.92 Å². The molecule has 1 unspecified atom stereocenters. The number of fused-ring (bicyclic) bond motifs is 3. The number of carbonyl (C=O) groups is 2. The topological polar surface area (TPSA) is 72.8 Å². The Balaban J connectivity index is 1.97. The molecule has 0 aromatic heterocycles. The lowest BCUT2D eigenvalue weighted by Gasteiger charge is -2.28. The largest absolute Gasteiger partial charge is 0.507 e. The number of esters is 1. The molecule has 1 N–H and O–H groups in total. The first-order valence-electron chi connectivity index (χ1n) is 7.96. The molecule has 1 aromatic carbocycles. The molecule has 0 heterocycles. The Morgan fingerprint density at radius 3 is 2.83 bits per heavy atom. The first-order chi connectivity index (χ1) is 11.5. The van der Waals surface area contributed by atoms with Crippen LogP contribution in [0.5, 0.6) is 5.75 Å². The second-order valence-electron chi connectivity index (χ2n) is 6.09. The predicted octanol–water partition coefficient (Wildman–Crippen LogP) is 3.76. The van der Waals surface area contributed by atoms with E-state index in [2.05, 4.69) is 15.9 Å². The average molecular weight is 395 g/mol. The van der Waals surface area contributed by atoms with E-state index in [4.69, 9.17) is 9.47 Å². The molecule has 0 radical (unpaired) electrons. The van der Waals surface area contributed by atoms with E-state index in [-0.39, 0.29) is 42.2 Å². The number of methoxy groups -OCH3 is 1. The number of hydrogen-bond donors (Lipinski definition) is 1. The van der Waals surface area contributed by atoms with Crippen molar-refractivity contribution in [3.05, 3.63) is 33.3 Å². The van der Waals surface area contributed by atoms with Gasteiger partial charge in [0, 0.05) is 28.8 Å². The van der Waals surface area contributed by atoms with Gasteiger partial charge in [0.2, 0.25) is 0 Å². The highest BCUT2D eigenvalue weighted by atomic mass is 79.9. The fraction of sp³-hybridized carbons (Fsp3) is 0.444. The molecule has 0 saturated heterocycles. The molecule has 1 saturated carbocycles. The molecule has 0 amide bonds. The maximum Gasteiger partial charge on any atom is 0.306 e. The molecule has 0 aliphatic heterocycles. The highest BCUT2D eigenvalue weighted by Gasteiger charge is 2.43. The lowest BCUT2D eigenvalue weighted by atomic mass is 9.75. The van der Waals surface area contributed by atoms with Gasteiger partial charge in [0.15, 0.2) is 5.78 Å². The summed E-state index contributed by atoms with van der Waals surface area (Å²) in [5.74, 6) is -0.138. The van der Waals surface area contributed by atoms with Crippen molar-refractivity contribution in [3.63, 3.8) is 0 Å². The smallest absolute Gasteiger partial charge is 0.306 e. The van der Waals surface area contributed by atoms with Crippen LogP contribution in [0.1, 0.15) is 43.2 Å². The van der Waals surface area contributed by atoms with E-state index < -0.39 is 0 Å². The van der Waals surface area contributed by atoms with Crippen molar-refractivity contribution in [1.82, 2.24) is 0 Å².